The zero-order valence-corrected chi connectivity index (χ0v) is 11.9. The quantitative estimate of drug-likeness (QED) is 0.832. The SMILES string of the molecule is C=C1C(=O)C(NC2CCCCC2)=C1Nc1ccccc1F. The van der Waals surface area contributed by atoms with E-state index in [1.54, 1.807) is 18.2 Å². The topological polar surface area (TPSA) is 41.1 Å². The summed E-state index contributed by atoms with van der Waals surface area (Å²) in [6.45, 7) is 3.76. The molecular weight excluding hydrogens is 267 g/mol. The Balaban J connectivity index is 1.78. The molecule has 0 amide bonds. The number of hydrogen-bond donors (Lipinski definition) is 2. The van der Waals surface area contributed by atoms with E-state index in [4.69, 9.17) is 0 Å². The first-order chi connectivity index (χ1) is 10.2. The van der Waals surface area contributed by atoms with Gasteiger partial charge in [0.15, 0.2) is 0 Å². The first-order valence-electron chi connectivity index (χ1n) is 7.43. The third-order valence-electron chi connectivity index (χ3n) is 4.14. The van der Waals surface area contributed by atoms with Gasteiger partial charge in [0.05, 0.1) is 11.4 Å². The Morgan fingerprint density at radius 3 is 2.52 bits per heavy atom. The molecule has 21 heavy (non-hydrogen) atoms. The molecular formula is C17H19FN2O. The summed E-state index contributed by atoms with van der Waals surface area (Å²) in [6, 6.07) is 6.76. The average molecular weight is 286 g/mol. The van der Waals surface area contributed by atoms with Crippen molar-refractivity contribution in [2.75, 3.05) is 5.32 Å². The zero-order chi connectivity index (χ0) is 14.8. The number of carbonyl (C=O) groups excluding carboxylic acids is 1. The first-order valence-corrected chi connectivity index (χ1v) is 7.43. The van der Waals surface area contributed by atoms with Gasteiger partial charge in [0.25, 0.3) is 0 Å². The maximum atomic E-state index is 13.7. The summed E-state index contributed by atoms with van der Waals surface area (Å²) in [4.78, 5) is 12.0. The number of para-hydroxylation sites is 1. The number of nitrogens with one attached hydrogen (secondary N) is 2. The predicted octanol–water partition coefficient (Wildman–Crippen LogP) is 3.51. The summed E-state index contributed by atoms with van der Waals surface area (Å²) in [5.74, 6) is -0.409. The lowest BCUT2D eigenvalue weighted by molar-refractivity contribution is -0.113. The smallest absolute Gasteiger partial charge is 0.212 e. The molecule has 0 bridgehead atoms. The van der Waals surface area contributed by atoms with E-state index in [0.717, 1.165) is 12.8 Å². The predicted molar refractivity (Wildman–Crippen MR) is 81.2 cm³/mol. The highest BCUT2D eigenvalue weighted by Crippen LogP contribution is 2.31. The number of benzene rings is 1. The summed E-state index contributed by atoms with van der Waals surface area (Å²) in [5, 5.41) is 6.30. The van der Waals surface area contributed by atoms with Crippen LogP contribution in [0.15, 0.2) is 47.8 Å². The molecule has 0 spiro atoms. The number of anilines is 1. The molecule has 0 aromatic heterocycles. The Kier molecular flexibility index (Phi) is 3.78. The molecule has 2 aliphatic rings. The van der Waals surface area contributed by atoms with Crippen molar-refractivity contribution >= 4 is 11.5 Å². The maximum absolute atomic E-state index is 13.7. The summed E-state index contributed by atoms with van der Waals surface area (Å²) in [5.41, 5.74) is 1.95. The van der Waals surface area contributed by atoms with Crippen LogP contribution in [0.4, 0.5) is 10.1 Å². The summed E-state index contributed by atoms with van der Waals surface area (Å²) < 4.78 is 13.7. The van der Waals surface area contributed by atoms with Crippen LogP contribution in [0.1, 0.15) is 32.1 Å². The number of halogens is 1. The van der Waals surface area contributed by atoms with E-state index < -0.39 is 0 Å². The lowest BCUT2D eigenvalue weighted by Crippen LogP contribution is -2.41. The highest BCUT2D eigenvalue weighted by molar-refractivity contribution is 6.20. The molecule has 1 aromatic carbocycles. The van der Waals surface area contributed by atoms with E-state index in [1.165, 1.54) is 25.3 Å². The highest BCUT2D eigenvalue weighted by Gasteiger charge is 2.34. The summed E-state index contributed by atoms with van der Waals surface area (Å²) >= 11 is 0. The molecule has 110 valence electrons. The van der Waals surface area contributed by atoms with Crippen molar-refractivity contribution in [1.29, 1.82) is 0 Å². The molecule has 0 radical (unpaired) electrons. The minimum Gasteiger partial charge on any atom is -0.377 e. The van der Waals surface area contributed by atoms with E-state index >= 15 is 0 Å². The van der Waals surface area contributed by atoms with Crippen LogP contribution in [0.5, 0.6) is 0 Å². The number of allylic oxidation sites excluding steroid dienone is 2. The fraction of sp³-hybridized carbons (Fsp3) is 0.353. The molecule has 1 aromatic rings. The molecule has 2 N–H and O–H groups in total. The zero-order valence-electron chi connectivity index (χ0n) is 11.9. The Morgan fingerprint density at radius 2 is 1.81 bits per heavy atom. The second-order valence-electron chi connectivity index (χ2n) is 5.64. The molecule has 0 saturated heterocycles. The van der Waals surface area contributed by atoms with Crippen molar-refractivity contribution < 1.29 is 9.18 Å². The Bertz CT molecular complexity index is 615. The van der Waals surface area contributed by atoms with Crippen LogP contribution in [0.3, 0.4) is 0 Å². The van der Waals surface area contributed by atoms with Gasteiger partial charge in [-0.3, -0.25) is 4.79 Å². The third-order valence-corrected chi connectivity index (χ3v) is 4.14. The van der Waals surface area contributed by atoms with Gasteiger partial charge in [-0.1, -0.05) is 38.0 Å². The maximum Gasteiger partial charge on any atom is 0.212 e. The second-order valence-corrected chi connectivity index (χ2v) is 5.64. The van der Waals surface area contributed by atoms with Crippen molar-refractivity contribution in [1.82, 2.24) is 5.32 Å². The van der Waals surface area contributed by atoms with E-state index in [0.29, 0.717) is 28.7 Å². The molecule has 4 heteroatoms. The lowest BCUT2D eigenvalue weighted by Gasteiger charge is -2.32. The molecule has 3 rings (SSSR count). The molecule has 3 nitrogen and oxygen atoms in total. The Morgan fingerprint density at radius 1 is 1.10 bits per heavy atom. The molecule has 0 heterocycles. The number of carbonyl (C=O) groups is 1. The second kappa shape index (κ2) is 5.72. The number of rotatable bonds is 4. The van der Waals surface area contributed by atoms with Gasteiger partial charge in [0.1, 0.15) is 11.5 Å². The molecule has 0 atom stereocenters. The first kappa shape index (κ1) is 13.9. The van der Waals surface area contributed by atoms with E-state index in [9.17, 15) is 9.18 Å². The minimum atomic E-state index is -0.339. The van der Waals surface area contributed by atoms with Gasteiger partial charge in [-0.25, -0.2) is 4.39 Å². The largest absolute Gasteiger partial charge is 0.377 e. The van der Waals surface area contributed by atoms with Gasteiger partial charge in [0, 0.05) is 11.6 Å². The monoisotopic (exact) mass is 286 g/mol. The minimum absolute atomic E-state index is 0.0700. The molecule has 2 aliphatic carbocycles. The number of Topliss-reactive ketones (excluding diaryl/α,β-unsaturated/α-hetero) is 1. The van der Waals surface area contributed by atoms with Gasteiger partial charge in [-0.05, 0) is 25.0 Å². The molecule has 0 unspecified atom stereocenters. The normalized spacial score (nSPS) is 19.5. The van der Waals surface area contributed by atoms with Crippen LogP contribution >= 0.6 is 0 Å². The average Bonchev–Trinajstić information content (AvgIpc) is 2.53. The molecule has 1 fully saturated rings. The molecule has 0 aliphatic heterocycles. The van der Waals surface area contributed by atoms with Crippen LogP contribution in [0.25, 0.3) is 0 Å². The summed E-state index contributed by atoms with van der Waals surface area (Å²) in [6.07, 6.45) is 5.80. The Labute approximate surface area is 123 Å². The van der Waals surface area contributed by atoms with Crippen LogP contribution < -0.4 is 10.6 Å². The van der Waals surface area contributed by atoms with Crippen LogP contribution in [0, 0.1) is 5.82 Å². The van der Waals surface area contributed by atoms with E-state index in [1.807, 2.05) is 0 Å². The Hall–Kier alpha value is -2.10. The fourth-order valence-electron chi connectivity index (χ4n) is 2.89. The summed E-state index contributed by atoms with van der Waals surface area (Å²) in [7, 11) is 0. The van der Waals surface area contributed by atoms with Crippen LogP contribution in [0.2, 0.25) is 0 Å². The van der Waals surface area contributed by atoms with Gasteiger partial charge in [-0.15, -0.1) is 0 Å². The van der Waals surface area contributed by atoms with Gasteiger partial charge in [0.2, 0.25) is 5.78 Å². The van der Waals surface area contributed by atoms with Crippen molar-refractivity contribution in [3.8, 4) is 0 Å². The lowest BCUT2D eigenvalue weighted by atomic mass is 9.89. The van der Waals surface area contributed by atoms with E-state index in [2.05, 4.69) is 17.2 Å². The standard InChI is InChI=1S/C17H19FN2O/c1-11-15(20-14-10-6-5-9-13(14)18)16(17(11)21)19-12-7-3-2-4-8-12/h5-6,9-10,12,19-20H,1-4,7-8H2. The van der Waals surface area contributed by atoms with Gasteiger partial charge in [-0.2, -0.15) is 0 Å². The fourth-order valence-corrected chi connectivity index (χ4v) is 2.89. The van der Waals surface area contributed by atoms with Crippen molar-refractivity contribution in [3.05, 3.63) is 53.6 Å². The third kappa shape index (κ3) is 2.71. The van der Waals surface area contributed by atoms with Crippen LogP contribution in [-0.2, 0) is 4.79 Å². The van der Waals surface area contributed by atoms with Crippen molar-refractivity contribution in [2.24, 2.45) is 0 Å². The highest BCUT2D eigenvalue weighted by atomic mass is 19.1. The van der Waals surface area contributed by atoms with Crippen molar-refractivity contribution in [2.45, 2.75) is 38.1 Å². The van der Waals surface area contributed by atoms with E-state index in [-0.39, 0.29) is 11.6 Å². The van der Waals surface area contributed by atoms with Crippen molar-refractivity contribution in [3.63, 3.8) is 0 Å². The van der Waals surface area contributed by atoms with Gasteiger partial charge < -0.3 is 10.6 Å². The van der Waals surface area contributed by atoms with Crippen LogP contribution in [-0.4, -0.2) is 11.8 Å². The van der Waals surface area contributed by atoms with Gasteiger partial charge >= 0.3 is 0 Å². The number of hydrogen-bond acceptors (Lipinski definition) is 3. The number of ketones is 1. The molecule has 1 saturated carbocycles.